The zero-order chi connectivity index (χ0) is 17.1. The first-order valence-electron chi connectivity index (χ1n) is 9.03. The summed E-state index contributed by atoms with van der Waals surface area (Å²) in [6.45, 7) is 7.65. The molecule has 0 bridgehead atoms. The number of hydrogen-bond acceptors (Lipinski definition) is 6. The molecule has 6 nitrogen and oxygen atoms in total. The van der Waals surface area contributed by atoms with E-state index in [4.69, 9.17) is 4.74 Å². The van der Waals surface area contributed by atoms with E-state index in [9.17, 15) is 0 Å². The summed E-state index contributed by atoms with van der Waals surface area (Å²) in [5.41, 5.74) is 2.21. The minimum absolute atomic E-state index is 0.0188. The van der Waals surface area contributed by atoms with Crippen LogP contribution in [-0.2, 0) is 11.3 Å². The van der Waals surface area contributed by atoms with Gasteiger partial charge in [-0.05, 0) is 43.5 Å². The second-order valence-electron chi connectivity index (χ2n) is 7.12. The number of aromatic nitrogens is 3. The Morgan fingerprint density at radius 2 is 2.00 bits per heavy atom. The van der Waals surface area contributed by atoms with Crippen LogP contribution in [0.25, 0.3) is 0 Å². The molecule has 0 amide bonds. The third kappa shape index (κ3) is 3.80. The Bertz CT molecular complexity index is 683. The smallest absolute Gasteiger partial charge is 0.151 e. The fourth-order valence-corrected chi connectivity index (χ4v) is 3.81. The minimum atomic E-state index is -0.0188. The van der Waals surface area contributed by atoms with E-state index in [2.05, 4.69) is 37.1 Å². The van der Waals surface area contributed by atoms with Gasteiger partial charge in [0.15, 0.2) is 5.82 Å². The van der Waals surface area contributed by atoms with Crippen molar-refractivity contribution < 1.29 is 4.74 Å². The van der Waals surface area contributed by atoms with Gasteiger partial charge in [0.25, 0.3) is 0 Å². The molecule has 1 spiro atoms. The van der Waals surface area contributed by atoms with E-state index in [-0.39, 0.29) is 5.60 Å². The quantitative estimate of drug-likeness (QED) is 0.853. The fourth-order valence-electron chi connectivity index (χ4n) is 3.81. The van der Waals surface area contributed by atoms with Crippen molar-refractivity contribution in [2.45, 2.75) is 31.9 Å². The van der Waals surface area contributed by atoms with Crippen molar-refractivity contribution in [3.8, 4) is 0 Å². The topological polar surface area (TPSA) is 54.4 Å². The molecular formula is C19H25N5O. The van der Waals surface area contributed by atoms with E-state index >= 15 is 0 Å². The second kappa shape index (κ2) is 7.06. The maximum atomic E-state index is 6.26. The van der Waals surface area contributed by atoms with E-state index in [0.717, 1.165) is 63.7 Å². The molecular weight excluding hydrogens is 314 g/mol. The van der Waals surface area contributed by atoms with Crippen molar-refractivity contribution >= 4 is 5.82 Å². The summed E-state index contributed by atoms with van der Waals surface area (Å²) < 4.78 is 6.26. The van der Waals surface area contributed by atoms with Crippen LogP contribution in [0.1, 0.15) is 24.1 Å². The normalized spacial score (nSPS) is 20.8. The molecule has 6 heteroatoms. The first-order chi connectivity index (χ1) is 12.2. The summed E-state index contributed by atoms with van der Waals surface area (Å²) in [6, 6.07) is 8.25. The lowest BCUT2D eigenvalue weighted by atomic mass is 9.89. The van der Waals surface area contributed by atoms with Crippen LogP contribution in [0.5, 0.6) is 0 Å². The summed E-state index contributed by atoms with van der Waals surface area (Å²) in [4.78, 5) is 9.05. The van der Waals surface area contributed by atoms with Gasteiger partial charge in [0.1, 0.15) is 0 Å². The van der Waals surface area contributed by atoms with Crippen LogP contribution in [0.2, 0.25) is 0 Å². The van der Waals surface area contributed by atoms with Crippen LogP contribution >= 0.6 is 0 Å². The van der Waals surface area contributed by atoms with Gasteiger partial charge in [-0.3, -0.25) is 9.88 Å². The zero-order valence-corrected chi connectivity index (χ0v) is 14.8. The largest absolute Gasteiger partial charge is 0.372 e. The molecule has 132 valence electrons. The number of piperidine rings is 1. The van der Waals surface area contributed by atoms with Gasteiger partial charge in [-0.2, -0.15) is 5.10 Å². The number of nitrogens with zero attached hydrogens (tertiary/aromatic N) is 5. The minimum Gasteiger partial charge on any atom is -0.372 e. The van der Waals surface area contributed by atoms with Gasteiger partial charge in [-0.25, -0.2) is 0 Å². The van der Waals surface area contributed by atoms with Crippen molar-refractivity contribution in [2.24, 2.45) is 0 Å². The Balaban J connectivity index is 1.37. The van der Waals surface area contributed by atoms with Gasteiger partial charge in [0, 0.05) is 45.1 Å². The highest BCUT2D eigenvalue weighted by Crippen LogP contribution is 2.32. The number of ether oxygens (including phenoxy) is 1. The molecule has 0 aromatic carbocycles. The Labute approximate surface area is 148 Å². The summed E-state index contributed by atoms with van der Waals surface area (Å²) in [6.07, 6.45) is 5.85. The molecule has 0 radical (unpaired) electrons. The molecule has 0 N–H and O–H groups in total. The molecule has 2 aromatic rings. The number of hydrogen-bond donors (Lipinski definition) is 0. The summed E-state index contributed by atoms with van der Waals surface area (Å²) in [5, 5.41) is 8.50. The van der Waals surface area contributed by atoms with Crippen molar-refractivity contribution in [1.29, 1.82) is 0 Å². The molecule has 2 aromatic heterocycles. The van der Waals surface area contributed by atoms with E-state index in [1.54, 1.807) is 0 Å². The average molecular weight is 339 g/mol. The predicted octanol–water partition coefficient (Wildman–Crippen LogP) is 2.05. The molecule has 2 aliphatic rings. The Hall–Kier alpha value is -2.05. The SMILES string of the molecule is Cc1ccc(N2CCC3(CC2)CN(Cc2cccnc2)CCO3)nn1. The highest BCUT2D eigenvalue weighted by molar-refractivity contribution is 5.38. The van der Waals surface area contributed by atoms with Crippen LogP contribution in [0, 0.1) is 6.92 Å². The molecule has 4 heterocycles. The first-order valence-corrected chi connectivity index (χ1v) is 9.03. The van der Waals surface area contributed by atoms with Gasteiger partial charge < -0.3 is 9.64 Å². The second-order valence-corrected chi connectivity index (χ2v) is 7.12. The van der Waals surface area contributed by atoms with Gasteiger partial charge in [-0.15, -0.1) is 5.10 Å². The third-order valence-corrected chi connectivity index (χ3v) is 5.24. The van der Waals surface area contributed by atoms with Crippen LogP contribution in [-0.4, -0.2) is 58.5 Å². The van der Waals surface area contributed by atoms with Crippen LogP contribution in [0.3, 0.4) is 0 Å². The van der Waals surface area contributed by atoms with Gasteiger partial charge in [-0.1, -0.05) is 6.07 Å². The average Bonchev–Trinajstić information content (AvgIpc) is 2.64. The molecule has 25 heavy (non-hydrogen) atoms. The lowest BCUT2D eigenvalue weighted by Crippen LogP contribution is -2.56. The van der Waals surface area contributed by atoms with Crippen molar-refractivity contribution in [2.75, 3.05) is 37.7 Å². The molecule has 2 aliphatic heterocycles. The van der Waals surface area contributed by atoms with Crippen molar-refractivity contribution in [3.63, 3.8) is 0 Å². The highest BCUT2D eigenvalue weighted by atomic mass is 16.5. The highest BCUT2D eigenvalue weighted by Gasteiger charge is 2.39. The van der Waals surface area contributed by atoms with E-state index in [0.29, 0.717) is 0 Å². The molecule has 4 rings (SSSR count). The number of anilines is 1. The molecule has 0 saturated carbocycles. The van der Waals surface area contributed by atoms with Crippen LogP contribution in [0.4, 0.5) is 5.82 Å². The van der Waals surface area contributed by atoms with Crippen molar-refractivity contribution in [3.05, 3.63) is 47.9 Å². The molecule has 0 atom stereocenters. The van der Waals surface area contributed by atoms with E-state index in [1.165, 1.54) is 5.56 Å². The summed E-state index contributed by atoms with van der Waals surface area (Å²) in [7, 11) is 0. The molecule has 2 fully saturated rings. The van der Waals surface area contributed by atoms with E-state index < -0.39 is 0 Å². The maximum Gasteiger partial charge on any atom is 0.151 e. The lowest BCUT2D eigenvalue weighted by molar-refractivity contribution is -0.122. The van der Waals surface area contributed by atoms with Gasteiger partial charge in [0.2, 0.25) is 0 Å². The molecule has 0 aliphatic carbocycles. The zero-order valence-electron chi connectivity index (χ0n) is 14.8. The fraction of sp³-hybridized carbons (Fsp3) is 0.526. The number of pyridine rings is 1. The Kier molecular flexibility index (Phi) is 4.63. The van der Waals surface area contributed by atoms with Crippen molar-refractivity contribution in [1.82, 2.24) is 20.1 Å². The maximum absolute atomic E-state index is 6.26. The summed E-state index contributed by atoms with van der Waals surface area (Å²) in [5.74, 6) is 0.975. The lowest BCUT2D eigenvalue weighted by Gasteiger charge is -2.47. The van der Waals surface area contributed by atoms with Crippen LogP contribution < -0.4 is 4.90 Å². The number of rotatable bonds is 3. The molecule has 0 unspecified atom stereocenters. The summed E-state index contributed by atoms with van der Waals surface area (Å²) >= 11 is 0. The third-order valence-electron chi connectivity index (χ3n) is 5.24. The predicted molar refractivity (Wildman–Crippen MR) is 96.4 cm³/mol. The van der Waals surface area contributed by atoms with Gasteiger partial charge in [0.05, 0.1) is 17.9 Å². The van der Waals surface area contributed by atoms with E-state index in [1.807, 2.05) is 31.5 Å². The Morgan fingerprint density at radius 3 is 2.72 bits per heavy atom. The standard InChI is InChI=1S/C19H25N5O/c1-16-4-5-18(22-21-16)24-9-6-19(7-10-24)15-23(11-12-25-19)14-17-3-2-8-20-13-17/h2-5,8,13H,6-7,9-12,14-15H2,1H3. The monoisotopic (exact) mass is 339 g/mol. The van der Waals surface area contributed by atoms with Gasteiger partial charge >= 0.3 is 0 Å². The first kappa shape index (κ1) is 16.4. The Morgan fingerprint density at radius 1 is 1.12 bits per heavy atom. The number of aryl methyl sites for hydroxylation is 1. The number of morpholine rings is 1. The molecule has 2 saturated heterocycles. The van der Waals surface area contributed by atoms with Crippen LogP contribution in [0.15, 0.2) is 36.7 Å².